The molecule has 2 N–H and O–H groups in total. The van der Waals surface area contributed by atoms with Gasteiger partial charge < -0.3 is 19.7 Å². The molecule has 0 saturated heterocycles. The number of phenols is 2. The molecular weight excluding hydrogens is 312 g/mol. The lowest BCUT2D eigenvalue weighted by molar-refractivity contribution is 0.364. The number of phenolic OH excluding ortho intramolecular Hbond substituents is 2. The van der Waals surface area contributed by atoms with Crippen LogP contribution in [-0.2, 0) is 0 Å². The summed E-state index contributed by atoms with van der Waals surface area (Å²) in [6.45, 7) is 0. The van der Waals surface area contributed by atoms with Crippen LogP contribution in [0.2, 0.25) is 0 Å². The summed E-state index contributed by atoms with van der Waals surface area (Å²) in [6, 6.07) is 8.37. The normalized spacial score (nSPS) is 10.3. The molecule has 0 unspecified atom stereocenters. The molecule has 0 amide bonds. The summed E-state index contributed by atoms with van der Waals surface area (Å²) < 4.78 is 10.9. The Bertz CT molecular complexity index is 593. The lowest BCUT2D eigenvalue weighted by atomic mass is 10.0. The maximum atomic E-state index is 10.1. The van der Waals surface area contributed by atoms with Gasteiger partial charge in [-0.2, -0.15) is 0 Å². The second-order valence-corrected chi connectivity index (χ2v) is 4.66. The Morgan fingerprint density at radius 3 is 2.16 bits per heavy atom. The Morgan fingerprint density at radius 2 is 1.63 bits per heavy atom. The summed E-state index contributed by atoms with van der Waals surface area (Å²) in [5, 5.41) is 19.4. The molecule has 0 atom stereocenters. The molecule has 2 aromatic rings. The molecule has 4 nitrogen and oxygen atoms in total. The van der Waals surface area contributed by atoms with E-state index in [0.717, 1.165) is 5.56 Å². The zero-order valence-corrected chi connectivity index (χ0v) is 12.1. The lowest BCUT2D eigenvalue weighted by Crippen LogP contribution is -1.93. The highest BCUT2D eigenvalue weighted by Gasteiger charge is 2.18. The number of rotatable bonds is 3. The van der Waals surface area contributed by atoms with Crippen LogP contribution in [0.25, 0.3) is 11.1 Å². The first-order chi connectivity index (χ1) is 9.08. The molecule has 0 aliphatic heterocycles. The molecule has 0 fully saturated rings. The number of ether oxygens (including phenoxy) is 2. The van der Waals surface area contributed by atoms with E-state index >= 15 is 0 Å². The largest absolute Gasteiger partial charge is 0.508 e. The van der Waals surface area contributed by atoms with Crippen molar-refractivity contribution in [2.75, 3.05) is 14.2 Å². The van der Waals surface area contributed by atoms with Crippen LogP contribution >= 0.6 is 15.9 Å². The molecule has 2 aromatic carbocycles. The molecule has 2 rings (SSSR count). The van der Waals surface area contributed by atoms with Crippen molar-refractivity contribution < 1.29 is 19.7 Å². The Hall–Kier alpha value is -1.88. The van der Waals surface area contributed by atoms with Gasteiger partial charge in [-0.15, -0.1) is 0 Å². The van der Waals surface area contributed by atoms with Crippen LogP contribution in [0, 0.1) is 0 Å². The molecule has 0 aromatic heterocycles. The monoisotopic (exact) mass is 324 g/mol. The predicted molar refractivity (Wildman–Crippen MR) is 76.0 cm³/mol. The smallest absolute Gasteiger partial charge is 0.176 e. The summed E-state index contributed by atoms with van der Waals surface area (Å²) in [4.78, 5) is 0. The lowest BCUT2D eigenvalue weighted by Gasteiger charge is -2.14. The molecule has 100 valence electrons. The van der Waals surface area contributed by atoms with Crippen LogP contribution in [0.4, 0.5) is 0 Å². The third-order valence-corrected chi connectivity index (χ3v) is 3.53. The number of hydrogen-bond donors (Lipinski definition) is 2. The van der Waals surface area contributed by atoms with Crippen molar-refractivity contribution in [1.82, 2.24) is 0 Å². The van der Waals surface area contributed by atoms with Crippen LogP contribution in [0.1, 0.15) is 0 Å². The first-order valence-electron chi connectivity index (χ1n) is 5.51. The van der Waals surface area contributed by atoms with Gasteiger partial charge in [0, 0.05) is 5.56 Å². The number of hydrogen-bond acceptors (Lipinski definition) is 4. The van der Waals surface area contributed by atoms with Crippen molar-refractivity contribution in [3.63, 3.8) is 0 Å². The SMILES string of the molecule is COc1cc(-c2ccc(O)cc2)c(OC)c(O)c1Br. The third-order valence-electron chi connectivity index (χ3n) is 2.76. The maximum absolute atomic E-state index is 10.1. The Balaban J connectivity index is 2.67. The topological polar surface area (TPSA) is 58.9 Å². The number of benzene rings is 2. The van der Waals surface area contributed by atoms with Gasteiger partial charge in [-0.3, -0.25) is 0 Å². The van der Waals surface area contributed by atoms with Crippen LogP contribution in [0.15, 0.2) is 34.8 Å². The van der Waals surface area contributed by atoms with Gasteiger partial charge in [-0.25, -0.2) is 0 Å². The fourth-order valence-electron chi connectivity index (χ4n) is 1.81. The van der Waals surface area contributed by atoms with Crippen molar-refractivity contribution in [3.05, 3.63) is 34.8 Å². The second kappa shape index (κ2) is 5.40. The molecule has 0 bridgehead atoms. The quantitative estimate of drug-likeness (QED) is 0.906. The van der Waals surface area contributed by atoms with Gasteiger partial charge in [0.05, 0.1) is 14.2 Å². The average Bonchev–Trinajstić information content (AvgIpc) is 2.42. The van der Waals surface area contributed by atoms with Crippen molar-refractivity contribution in [2.45, 2.75) is 0 Å². The maximum Gasteiger partial charge on any atom is 0.176 e. The van der Waals surface area contributed by atoms with Gasteiger partial charge in [0.1, 0.15) is 16.0 Å². The second-order valence-electron chi connectivity index (χ2n) is 3.87. The van der Waals surface area contributed by atoms with Gasteiger partial charge in [0.2, 0.25) is 0 Å². The molecular formula is C14H13BrO4. The Labute approximate surface area is 119 Å². The minimum atomic E-state index is -0.0232. The fourth-order valence-corrected chi connectivity index (χ4v) is 2.27. The molecule has 0 heterocycles. The Morgan fingerprint density at radius 1 is 1.00 bits per heavy atom. The molecule has 19 heavy (non-hydrogen) atoms. The zero-order valence-electron chi connectivity index (χ0n) is 10.5. The van der Waals surface area contributed by atoms with Crippen LogP contribution in [0.3, 0.4) is 0 Å². The summed E-state index contributed by atoms with van der Waals surface area (Å²) >= 11 is 3.26. The van der Waals surface area contributed by atoms with Crippen LogP contribution < -0.4 is 9.47 Å². The molecule has 5 heteroatoms. The van der Waals surface area contributed by atoms with Crippen molar-refractivity contribution in [1.29, 1.82) is 0 Å². The van der Waals surface area contributed by atoms with Gasteiger partial charge in [0.25, 0.3) is 0 Å². The highest BCUT2D eigenvalue weighted by molar-refractivity contribution is 9.10. The predicted octanol–water partition coefficient (Wildman–Crippen LogP) is 3.54. The Kier molecular flexibility index (Phi) is 3.85. The highest BCUT2D eigenvalue weighted by atomic mass is 79.9. The van der Waals surface area contributed by atoms with Crippen molar-refractivity contribution in [3.8, 4) is 34.1 Å². The van der Waals surface area contributed by atoms with Gasteiger partial charge >= 0.3 is 0 Å². The highest BCUT2D eigenvalue weighted by Crippen LogP contribution is 2.47. The van der Waals surface area contributed by atoms with Gasteiger partial charge in [0.15, 0.2) is 11.5 Å². The minimum absolute atomic E-state index is 0.0232. The van der Waals surface area contributed by atoms with E-state index < -0.39 is 0 Å². The van der Waals surface area contributed by atoms with E-state index in [1.807, 2.05) is 0 Å². The third kappa shape index (κ3) is 2.46. The molecule has 0 aliphatic rings. The van der Waals surface area contributed by atoms with E-state index in [1.54, 1.807) is 30.3 Å². The first-order valence-corrected chi connectivity index (χ1v) is 6.30. The van der Waals surface area contributed by atoms with E-state index in [9.17, 15) is 10.2 Å². The van der Waals surface area contributed by atoms with Crippen molar-refractivity contribution >= 4 is 15.9 Å². The van der Waals surface area contributed by atoms with Gasteiger partial charge in [-0.05, 0) is 39.7 Å². The molecule has 0 saturated carbocycles. The summed E-state index contributed by atoms with van der Waals surface area (Å²) in [5.74, 6) is 1.00. The summed E-state index contributed by atoms with van der Waals surface area (Å²) in [7, 11) is 3.00. The van der Waals surface area contributed by atoms with E-state index in [-0.39, 0.29) is 11.5 Å². The van der Waals surface area contributed by atoms with Crippen LogP contribution in [-0.4, -0.2) is 24.4 Å². The van der Waals surface area contributed by atoms with E-state index in [1.165, 1.54) is 14.2 Å². The average molecular weight is 325 g/mol. The summed E-state index contributed by atoms with van der Waals surface area (Å²) in [5.41, 5.74) is 1.48. The molecule has 0 spiro atoms. The minimum Gasteiger partial charge on any atom is -0.508 e. The molecule has 0 aliphatic carbocycles. The van der Waals surface area contributed by atoms with Crippen LogP contribution in [0.5, 0.6) is 23.0 Å². The fraction of sp³-hybridized carbons (Fsp3) is 0.143. The van der Waals surface area contributed by atoms with E-state index in [0.29, 0.717) is 21.5 Å². The molecule has 0 radical (unpaired) electrons. The van der Waals surface area contributed by atoms with E-state index in [4.69, 9.17) is 9.47 Å². The van der Waals surface area contributed by atoms with Gasteiger partial charge in [-0.1, -0.05) is 12.1 Å². The summed E-state index contributed by atoms with van der Waals surface area (Å²) in [6.07, 6.45) is 0. The number of aromatic hydroxyl groups is 2. The number of halogens is 1. The number of methoxy groups -OCH3 is 2. The van der Waals surface area contributed by atoms with Crippen molar-refractivity contribution in [2.24, 2.45) is 0 Å². The van der Waals surface area contributed by atoms with E-state index in [2.05, 4.69) is 15.9 Å². The first kappa shape index (κ1) is 13.5. The standard InChI is InChI=1S/C14H13BrO4/c1-18-11-7-10(8-3-5-9(16)6-4-8)14(19-2)13(17)12(11)15/h3-7,16-17H,1-2H3. The zero-order chi connectivity index (χ0) is 14.0.